The molecule has 4 aromatic rings. The first-order chi connectivity index (χ1) is 19.9. The normalized spacial score (nSPS) is 16.4. The molecule has 1 fully saturated rings. The van der Waals surface area contributed by atoms with Gasteiger partial charge in [0.25, 0.3) is 5.78 Å². The number of aromatic nitrogens is 1. The van der Waals surface area contributed by atoms with Gasteiger partial charge in [-0.05, 0) is 73.5 Å². The monoisotopic (exact) mass is 576 g/mol. The van der Waals surface area contributed by atoms with Crippen LogP contribution in [0.25, 0.3) is 16.0 Å². The van der Waals surface area contributed by atoms with Gasteiger partial charge in [0.2, 0.25) is 0 Å². The summed E-state index contributed by atoms with van der Waals surface area (Å²) in [4.78, 5) is 33.1. The zero-order valence-electron chi connectivity index (χ0n) is 22.8. The molecule has 8 nitrogen and oxygen atoms in total. The number of ether oxygens (including phenoxy) is 3. The second-order valence-electron chi connectivity index (χ2n) is 9.35. The average molecular weight is 577 g/mol. The molecule has 1 aromatic heterocycles. The van der Waals surface area contributed by atoms with Crippen LogP contribution in [0.4, 0.5) is 9.52 Å². The summed E-state index contributed by atoms with van der Waals surface area (Å²) < 4.78 is 31.5. The number of thiazole rings is 1. The molecule has 0 spiro atoms. The van der Waals surface area contributed by atoms with Crippen molar-refractivity contribution in [2.24, 2.45) is 0 Å². The van der Waals surface area contributed by atoms with Crippen LogP contribution in [0.2, 0.25) is 0 Å². The molecular weight excluding hydrogens is 547 g/mol. The number of hydrogen-bond acceptors (Lipinski definition) is 8. The van der Waals surface area contributed by atoms with E-state index in [0.29, 0.717) is 41.5 Å². The van der Waals surface area contributed by atoms with Gasteiger partial charge in [0.1, 0.15) is 17.3 Å². The van der Waals surface area contributed by atoms with Crippen LogP contribution in [-0.2, 0) is 9.59 Å². The number of ketones is 1. The van der Waals surface area contributed by atoms with E-state index in [2.05, 4.69) is 11.9 Å². The van der Waals surface area contributed by atoms with Crippen LogP contribution in [0.5, 0.6) is 17.2 Å². The molecule has 1 unspecified atom stereocenters. The van der Waals surface area contributed by atoms with Crippen molar-refractivity contribution in [3.63, 3.8) is 0 Å². The summed E-state index contributed by atoms with van der Waals surface area (Å²) in [5.74, 6) is -1.03. The van der Waals surface area contributed by atoms with E-state index in [9.17, 15) is 19.1 Å². The number of carbonyl (C=O) groups is 2. The number of carbonyl (C=O) groups excluding carboxylic acids is 2. The summed E-state index contributed by atoms with van der Waals surface area (Å²) in [6.07, 6.45) is 1.84. The Hall–Kier alpha value is -4.44. The van der Waals surface area contributed by atoms with E-state index in [1.807, 2.05) is 6.92 Å². The molecule has 212 valence electrons. The molecule has 10 heteroatoms. The number of Topliss-reactive ketones (excluding diaryl/α,β-unsaturated/α-hetero) is 1. The van der Waals surface area contributed by atoms with Gasteiger partial charge in [-0.25, -0.2) is 9.37 Å². The predicted molar refractivity (Wildman–Crippen MR) is 155 cm³/mol. The first-order valence-corrected chi connectivity index (χ1v) is 14.1. The molecule has 0 aliphatic carbocycles. The third-order valence-corrected chi connectivity index (χ3v) is 7.71. The Morgan fingerprint density at radius 1 is 1.02 bits per heavy atom. The fourth-order valence-electron chi connectivity index (χ4n) is 4.64. The SMILES string of the molecule is CCCCOc1ccc(C2C(=C(O)c3ccc(F)cc3)C(=O)C(=O)N2c2nc3ccc(OC)cc3s2)cc1OCC. The second kappa shape index (κ2) is 12.0. The highest BCUT2D eigenvalue weighted by molar-refractivity contribution is 7.22. The Morgan fingerprint density at radius 2 is 1.80 bits per heavy atom. The smallest absolute Gasteiger partial charge is 0.301 e. The summed E-state index contributed by atoms with van der Waals surface area (Å²) in [7, 11) is 1.56. The van der Waals surface area contributed by atoms with Crippen molar-refractivity contribution in [1.82, 2.24) is 4.98 Å². The predicted octanol–water partition coefficient (Wildman–Crippen LogP) is 6.65. The Balaban J connectivity index is 1.68. The maximum absolute atomic E-state index is 13.6. The van der Waals surface area contributed by atoms with E-state index >= 15 is 0 Å². The third kappa shape index (κ3) is 5.47. The fraction of sp³-hybridized carbons (Fsp3) is 0.258. The number of aliphatic hydroxyl groups is 1. The minimum Gasteiger partial charge on any atom is -0.507 e. The zero-order valence-corrected chi connectivity index (χ0v) is 23.7. The topological polar surface area (TPSA) is 98.2 Å². The number of nitrogens with zero attached hydrogens (tertiary/aromatic N) is 2. The van der Waals surface area contributed by atoms with Gasteiger partial charge in [0, 0.05) is 5.56 Å². The molecule has 1 aliphatic heterocycles. The highest BCUT2D eigenvalue weighted by atomic mass is 32.1. The molecule has 2 heterocycles. The van der Waals surface area contributed by atoms with Gasteiger partial charge in [0.05, 0.1) is 42.2 Å². The first kappa shape index (κ1) is 28.1. The number of aliphatic hydroxyl groups excluding tert-OH is 1. The molecule has 1 amide bonds. The fourth-order valence-corrected chi connectivity index (χ4v) is 5.66. The van der Waals surface area contributed by atoms with Crippen LogP contribution < -0.4 is 19.1 Å². The van der Waals surface area contributed by atoms with Gasteiger partial charge < -0.3 is 19.3 Å². The number of fused-ring (bicyclic) bond motifs is 1. The minimum atomic E-state index is -1.04. The molecule has 0 bridgehead atoms. The molecular formula is C31H29FN2O6S. The maximum Gasteiger partial charge on any atom is 0.301 e. The van der Waals surface area contributed by atoms with Crippen molar-refractivity contribution < 1.29 is 33.3 Å². The lowest BCUT2D eigenvalue weighted by Gasteiger charge is -2.24. The Kier molecular flexibility index (Phi) is 8.21. The summed E-state index contributed by atoms with van der Waals surface area (Å²) >= 11 is 1.22. The molecule has 5 rings (SSSR count). The van der Waals surface area contributed by atoms with Gasteiger partial charge in [-0.2, -0.15) is 0 Å². The number of halogens is 1. The Morgan fingerprint density at radius 3 is 2.51 bits per heavy atom. The molecule has 41 heavy (non-hydrogen) atoms. The average Bonchev–Trinajstić information content (AvgIpc) is 3.51. The van der Waals surface area contributed by atoms with E-state index in [1.54, 1.807) is 43.5 Å². The van der Waals surface area contributed by atoms with Crippen LogP contribution in [0, 0.1) is 5.82 Å². The van der Waals surface area contributed by atoms with E-state index in [1.165, 1.54) is 40.5 Å². The number of anilines is 1. The number of methoxy groups -OCH3 is 1. The van der Waals surface area contributed by atoms with Crippen LogP contribution >= 0.6 is 11.3 Å². The van der Waals surface area contributed by atoms with Gasteiger partial charge in [-0.15, -0.1) is 0 Å². The molecule has 0 saturated carbocycles. The van der Waals surface area contributed by atoms with Gasteiger partial charge in [-0.3, -0.25) is 14.5 Å². The van der Waals surface area contributed by atoms with Crippen molar-refractivity contribution in [3.8, 4) is 17.2 Å². The number of hydrogen-bond donors (Lipinski definition) is 1. The lowest BCUT2D eigenvalue weighted by atomic mass is 9.95. The van der Waals surface area contributed by atoms with Crippen molar-refractivity contribution in [1.29, 1.82) is 0 Å². The van der Waals surface area contributed by atoms with Crippen LogP contribution in [-0.4, -0.2) is 42.1 Å². The largest absolute Gasteiger partial charge is 0.507 e. The minimum absolute atomic E-state index is 0.138. The van der Waals surface area contributed by atoms with Gasteiger partial charge in [0.15, 0.2) is 16.6 Å². The second-order valence-corrected chi connectivity index (χ2v) is 10.4. The van der Waals surface area contributed by atoms with Crippen LogP contribution in [0.3, 0.4) is 0 Å². The lowest BCUT2D eigenvalue weighted by Crippen LogP contribution is -2.29. The van der Waals surface area contributed by atoms with Gasteiger partial charge >= 0.3 is 5.91 Å². The number of benzene rings is 3. The van der Waals surface area contributed by atoms with E-state index in [0.717, 1.165) is 17.5 Å². The standard InChI is InChI=1S/C31H29FN2O6S/c1-4-6-15-40-23-14-9-19(16-24(23)39-5-2)27-26(28(35)18-7-10-20(32)11-8-18)29(36)30(37)34(27)31-33-22-13-12-21(38-3)17-25(22)41-31/h7-14,16-17,27,35H,4-6,15H2,1-3H3. The van der Waals surface area contributed by atoms with Crippen molar-refractivity contribution in [2.75, 3.05) is 25.2 Å². The molecule has 0 radical (unpaired) electrons. The summed E-state index contributed by atoms with van der Waals surface area (Å²) in [5.41, 5.74) is 1.20. The molecule has 3 aromatic carbocycles. The quantitative estimate of drug-likeness (QED) is 0.0977. The number of amides is 1. The highest BCUT2D eigenvalue weighted by Gasteiger charge is 2.48. The highest BCUT2D eigenvalue weighted by Crippen LogP contribution is 2.46. The van der Waals surface area contributed by atoms with Crippen LogP contribution in [0.15, 0.2) is 66.2 Å². The molecule has 1 aliphatic rings. The van der Waals surface area contributed by atoms with Crippen molar-refractivity contribution >= 4 is 44.1 Å². The van der Waals surface area contributed by atoms with E-state index in [-0.39, 0.29) is 16.3 Å². The molecule has 1 saturated heterocycles. The Bertz CT molecular complexity index is 1630. The molecule has 1 atom stereocenters. The lowest BCUT2D eigenvalue weighted by molar-refractivity contribution is -0.132. The maximum atomic E-state index is 13.6. The third-order valence-electron chi connectivity index (χ3n) is 6.69. The summed E-state index contributed by atoms with van der Waals surface area (Å²) in [6.45, 7) is 4.79. The first-order valence-electron chi connectivity index (χ1n) is 13.3. The van der Waals surface area contributed by atoms with Crippen molar-refractivity contribution in [3.05, 3.63) is 83.2 Å². The van der Waals surface area contributed by atoms with E-state index in [4.69, 9.17) is 14.2 Å². The Labute approximate surface area is 240 Å². The number of unbranched alkanes of at least 4 members (excludes halogenated alkanes) is 1. The molecule has 1 N–H and O–H groups in total. The van der Waals surface area contributed by atoms with Crippen LogP contribution in [0.1, 0.15) is 43.9 Å². The summed E-state index contributed by atoms with van der Waals surface area (Å²) in [6, 6.07) is 14.5. The van der Waals surface area contributed by atoms with E-state index < -0.39 is 29.3 Å². The van der Waals surface area contributed by atoms with Crippen molar-refractivity contribution in [2.45, 2.75) is 32.7 Å². The zero-order chi connectivity index (χ0) is 29.1. The summed E-state index contributed by atoms with van der Waals surface area (Å²) in [5, 5.41) is 11.6. The van der Waals surface area contributed by atoms with Gasteiger partial charge in [-0.1, -0.05) is 30.7 Å². The number of rotatable bonds is 10.